The molecule has 2 heteroatoms. The molecule has 0 amide bonds. The second-order valence-corrected chi connectivity index (χ2v) is 1.63. The second-order valence-electron chi connectivity index (χ2n) is 1.63. The molecule has 0 fully saturated rings. The van der Waals surface area contributed by atoms with Gasteiger partial charge < -0.3 is 11.5 Å². The quantitative estimate of drug-likeness (QED) is 0.506. The first kappa shape index (κ1) is 4.97. The number of nitrogen functional groups attached to an aromatic ring is 1. The molecule has 0 atom stereocenters. The first-order chi connectivity index (χ1) is 3.79. The lowest BCUT2D eigenvalue weighted by atomic mass is 10.3. The van der Waals surface area contributed by atoms with Crippen LogP contribution in [0.4, 0.5) is 11.4 Å². The van der Waals surface area contributed by atoms with Gasteiger partial charge in [0.25, 0.3) is 0 Å². The van der Waals surface area contributed by atoms with Gasteiger partial charge in [0.15, 0.2) is 0 Å². The fourth-order valence-electron chi connectivity index (χ4n) is 0.539. The van der Waals surface area contributed by atoms with Crippen molar-refractivity contribution in [1.82, 2.24) is 0 Å². The van der Waals surface area contributed by atoms with Crippen molar-refractivity contribution in [2.75, 3.05) is 5.73 Å². The Morgan fingerprint density at radius 3 is 2.50 bits per heavy atom. The molecule has 0 heterocycles. The first-order valence-electron chi connectivity index (χ1n) is 2.36. The lowest BCUT2D eigenvalue weighted by molar-refractivity contribution is 1.70. The molecule has 1 rings (SSSR count). The van der Waals surface area contributed by atoms with Crippen LogP contribution in [0.2, 0.25) is 0 Å². The Bertz CT molecular complexity index is 166. The maximum atomic E-state index is 7.06. The number of anilines is 1. The van der Waals surface area contributed by atoms with Crippen LogP contribution in [0, 0.1) is 0 Å². The summed E-state index contributed by atoms with van der Waals surface area (Å²) in [6.07, 6.45) is 0. The van der Waals surface area contributed by atoms with E-state index in [1.165, 1.54) is 0 Å². The van der Waals surface area contributed by atoms with Crippen LogP contribution in [-0.2, 0) is 0 Å². The molecule has 0 aliphatic rings. The third kappa shape index (κ3) is 0.904. The van der Waals surface area contributed by atoms with Crippen molar-refractivity contribution in [1.29, 1.82) is 0 Å². The van der Waals surface area contributed by atoms with E-state index in [2.05, 4.69) is 0 Å². The van der Waals surface area contributed by atoms with E-state index in [0.29, 0.717) is 11.4 Å². The van der Waals surface area contributed by atoms with Gasteiger partial charge in [-0.05, 0) is 6.07 Å². The van der Waals surface area contributed by atoms with Gasteiger partial charge >= 0.3 is 0 Å². The summed E-state index contributed by atoms with van der Waals surface area (Å²) in [4.78, 5) is 0. The zero-order chi connectivity index (χ0) is 5.98. The lowest BCUT2D eigenvalue weighted by Gasteiger charge is -2.00. The molecule has 8 heavy (non-hydrogen) atoms. The second kappa shape index (κ2) is 1.74. The predicted octanol–water partition coefficient (Wildman–Crippen LogP) is 1.95. The number of nitrogens with one attached hydrogen (secondary N) is 1. The molecule has 2 nitrogen and oxygen atoms in total. The summed E-state index contributed by atoms with van der Waals surface area (Å²) < 4.78 is 0. The van der Waals surface area contributed by atoms with Crippen molar-refractivity contribution in [3.8, 4) is 0 Å². The van der Waals surface area contributed by atoms with Crippen LogP contribution in [0.3, 0.4) is 0 Å². The molecule has 1 aromatic rings. The zero-order valence-electron chi connectivity index (χ0n) is 4.39. The molecular weight excluding hydrogens is 100 g/mol. The van der Waals surface area contributed by atoms with Gasteiger partial charge in [-0.2, -0.15) is 0 Å². The Morgan fingerprint density at radius 1 is 1.38 bits per heavy atom. The number of hydrogen-bond acceptors (Lipinski definition) is 1. The van der Waals surface area contributed by atoms with E-state index < -0.39 is 0 Å². The van der Waals surface area contributed by atoms with Crippen molar-refractivity contribution in [3.05, 3.63) is 30.0 Å². The van der Waals surface area contributed by atoms with E-state index in [1.54, 1.807) is 24.3 Å². The van der Waals surface area contributed by atoms with E-state index in [-0.39, 0.29) is 0 Å². The van der Waals surface area contributed by atoms with Crippen LogP contribution in [0.5, 0.6) is 0 Å². The summed E-state index contributed by atoms with van der Waals surface area (Å²) in [6, 6.07) is 6.83. The molecular formula is C6H7N2-. The van der Waals surface area contributed by atoms with Gasteiger partial charge in [0.2, 0.25) is 0 Å². The van der Waals surface area contributed by atoms with Gasteiger partial charge in [-0.15, -0.1) is 5.69 Å². The Hall–Kier alpha value is -1.18. The zero-order valence-corrected chi connectivity index (χ0v) is 4.39. The lowest BCUT2D eigenvalue weighted by Crippen LogP contribution is -1.80. The van der Waals surface area contributed by atoms with Crippen LogP contribution in [-0.4, -0.2) is 0 Å². The summed E-state index contributed by atoms with van der Waals surface area (Å²) in [5, 5.41) is 0. The standard InChI is InChI=1S/C6H7N2/c7-5-2-1-3-6(8)4-5/h1-4,7H,8H2/q-1. The van der Waals surface area contributed by atoms with E-state index in [9.17, 15) is 0 Å². The Kier molecular flexibility index (Phi) is 1.08. The summed E-state index contributed by atoms with van der Waals surface area (Å²) in [5.74, 6) is 0. The van der Waals surface area contributed by atoms with Crippen LogP contribution in [0.15, 0.2) is 24.3 Å². The summed E-state index contributed by atoms with van der Waals surface area (Å²) in [7, 11) is 0. The fourth-order valence-corrected chi connectivity index (χ4v) is 0.539. The van der Waals surface area contributed by atoms with Crippen molar-refractivity contribution in [3.63, 3.8) is 0 Å². The normalized spacial score (nSPS) is 9.00. The molecule has 1 aromatic carbocycles. The van der Waals surface area contributed by atoms with E-state index >= 15 is 0 Å². The van der Waals surface area contributed by atoms with E-state index in [4.69, 9.17) is 11.5 Å². The average molecular weight is 107 g/mol. The van der Waals surface area contributed by atoms with Gasteiger partial charge in [0.1, 0.15) is 0 Å². The Labute approximate surface area is 48.1 Å². The van der Waals surface area contributed by atoms with Crippen LogP contribution >= 0.6 is 0 Å². The van der Waals surface area contributed by atoms with E-state index in [1.807, 2.05) is 0 Å². The van der Waals surface area contributed by atoms with Gasteiger partial charge in [0.05, 0.1) is 0 Å². The van der Waals surface area contributed by atoms with Crippen LogP contribution < -0.4 is 5.73 Å². The highest BCUT2D eigenvalue weighted by molar-refractivity contribution is 5.53. The third-order valence-electron chi connectivity index (χ3n) is 0.887. The largest absolute Gasteiger partial charge is 0.699 e. The highest BCUT2D eigenvalue weighted by Crippen LogP contribution is 2.12. The Morgan fingerprint density at radius 2 is 2.12 bits per heavy atom. The molecule has 0 unspecified atom stereocenters. The van der Waals surface area contributed by atoms with Gasteiger partial charge in [-0.1, -0.05) is 18.2 Å². The number of nitrogens with two attached hydrogens (primary N) is 1. The van der Waals surface area contributed by atoms with Gasteiger partial charge in [-0.25, -0.2) is 0 Å². The molecule has 0 radical (unpaired) electrons. The maximum Gasteiger partial charge on any atom is 0.0301 e. The van der Waals surface area contributed by atoms with Crippen LogP contribution in [0.25, 0.3) is 5.73 Å². The SMILES string of the molecule is [NH-]c1cccc(N)c1. The highest BCUT2D eigenvalue weighted by atomic mass is 14.6. The maximum absolute atomic E-state index is 7.06. The van der Waals surface area contributed by atoms with Gasteiger partial charge in [0, 0.05) is 5.69 Å². The van der Waals surface area contributed by atoms with Crippen LogP contribution in [0.1, 0.15) is 0 Å². The molecule has 0 saturated heterocycles. The molecule has 0 spiro atoms. The topological polar surface area (TPSA) is 49.8 Å². The minimum atomic E-state index is 0.463. The molecule has 0 saturated carbocycles. The summed E-state index contributed by atoms with van der Waals surface area (Å²) in [5.41, 5.74) is 13.5. The molecule has 42 valence electrons. The Balaban J connectivity index is 3.08. The smallest absolute Gasteiger partial charge is 0.0301 e. The van der Waals surface area contributed by atoms with Crippen molar-refractivity contribution < 1.29 is 0 Å². The predicted molar refractivity (Wildman–Crippen MR) is 34.8 cm³/mol. The molecule has 0 aliphatic carbocycles. The highest BCUT2D eigenvalue weighted by Gasteiger charge is 1.76. The molecule has 0 aliphatic heterocycles. The minimum Gasteiger partial charge on any atom is -0.699 e. The third-order valence-corrected chi connectivity index (χ3v) is 0.887. The summed E-state index contributed by atoms with van der Waals surface area (Å²) in [6.45, 7) is 0. The molecule has 0 bridgehead atoms. The molecule has 3 N–H and O–H groups in total. The van der Waals surface area contributed by atoms with Crippen molar-refractivity contribution in [2.45, 2.75) is 0 Å². The summed E-state index contributed by atoms with van der Waals surface area (Å²) >= 11 is 0. The first-order valence-corrected chi connectivity index (χ1v) is 2.36. The average Bonchev–Trinajstić information content (AvgIpc) is 1.64. The van der Waals surface area contributed by atoms with Gasteiger partial charge in [-0.3, -0.25) is 0 Å². The fraction of sp³-hybridized carbons (Fsp3) is 0. The number of benzene rings is 1. The van der Waals surface area contributed by atoms with Crippen molar-refractivity contribution in [2.24, 2.45) is 0 Å². The number of hydrogen-bond donors (Lipinski definition) is 1. The molecule has 0 aromatic heterocycles. The van der Waals surface area contributed by atoms with E-state index in [0.717, 1.165) is 0 Å². The monoisotopic (exact) mass is 107 g/mol. The van der Waals surface area contributed by atoms with Crippen molar-refractivity contribution >= 4 is 11.4 Å². The number of rotatable bonds is 0. The minimum absolute atomic E-state index is 0.463.